The van der Waals surface area contributed by atoms with Gasteiger partial charge in [-0.2, -0.15) is 0 Å². The summed E-state index contributed by atoms with van der Waals surface area (Å²) in [6.07, 6.45) is 4.70. The lowest BCUT2D eigenvalue weighted by molar-refractivity contribution is 0.0692. The number of nitrogens with zero attached hydrogens (tertiary/aromatic N) is 2. The lowest BCUT2D eigenvalue weighted by atomic mass is 10.3. The summed E-state index contributed by atoms with van der Waals surface area (Å²) in [6, 6.07) is 1.57. The maximum Gasteiger partial charge on any atom is 0.356 e. The van der Waals surface area contributed by atoms with Crippen molar-refractivity contribution in [2.45, 2.75) is 0 Å². The topological polar surface area (TPSA) is 54.6 Å². The number of fused-ring (bicyclic) bond motifs is 1. The molecular weight excluding hydrogens is 192 g/mol. The van der Waals surface area contributed by atoms with Crippen LogP contribution in [0.3, 0.4) is 0 Å². The number of rotatable bonds is 1. The van der Waals surface area contributed by atoms with E-state index in [2.05, 4.69) is 4.98 Å². The minimum Gasteiger partial charge on any atom is -0.476 e. The highest BCUT2D eigenvalue weighted by molar-refractivity contribution is 6.31. The first-order valence-corrected chi connectivity index (χ1v) is 3.92. The van der Waals surface area contributed by atoms with E-state index in [0.717, 1.165) is 0 Å². The van der Waals surface area contributed by atoms with E-state index in [0.29, 0.717) is 10.5 Å². The van der Waals surface area contributed by atoms with Gasteiger partial charge in [-0.05, 0) is 6.07 Å². The van der Waals surface area contributed by atoms with Crippen LogP contribution in [0.4, 0.5) is 0 Å². The van der Waals surface area contributed by atoms with Gasteiger partial charge in [0.05, 0.1) is 10.5 Å². The third kappa shape index (κ3) is 1.25. The Morgan fingerprint density at radius 1 is 1.62 bits per heavy atom. The first-order valence-electron chi connectivity index (χ1n) is 3.54. The number of aromatic carboxylic acids is 1. The lowest BCUT2D eigenvalue weighted by Gasteiger charge is -1.96. The lowest BCUT2D eigenvalue weighted by Crippen LogP contribution is -2.02. The smallest absolute Gasteiger partial charge is 0.356 e. The van der Waals surface area contributed by atoms with Gasteiger partial charge in [0.25, 0.3) is 0 Å². The van der Waals surface area contributed by atoms with E-state index in [1.54, 1.807) is 22.9 Å². The minimum absolute atomic E-state index is 0.00870. The molecule has 0 aliphatic rings. The van der Waals surface area contributed by atoms with Crippen LogP contribution in [-0.4, -0.2) is 20.5 Å². The molecule has 0 saturated carbocycles. The summed E-state index contributed by atoms with van der Waals surface area (Å²) in [5.41, 5.74) is 0.509. The average molecular weight is 197 g/mol. The largest absolute Gasteiger partial charge is 0.476 e. The van der Waals surface area contributed by atoms with Gasteiger partial charge in [0.2, 0.25) is 0 Å². The van der Waals surface area contributed by atoms with Gasteiger partial charge in [-0.15, -0.1) is 0 Å². The zero-order valence-electron chi connectivity index (χ0n) is 6.44. The molecule has 0 unspecified atom stereocenters. The molecular formula is C8H5ClN2O2. The van der Waals surface area contributed by atoms with Crippen molar-refractivity contribution in [1.29, 1.82) is 0 Å². The highest BCUT2D eigenvalue weighted by atomic mass is 35.5. The van der Waals surface area contributed by atoms with Crippen LogP contribution in [0.15, 0.2) is 24.7 Å². The summed E-state index contributed by atoms with van der Waals surface area (Å²) in [5, 5.41) is 9.27. The molecule has 0 saturated heterocycles. The van der Waals surface area contributed by atoms with Crippen LogP contribution in [-0.2, 0) is 0 Å². The molecule has 2 heterocycles. The molecule has 0 atom stereocenters. The summed E-state index contributed by atoms with van der Waals surface area (Å²) in [4.78, 5) is 14.4. The monoisotopic (exact) mass is 196 g/mol. The molecule has 13 heavy (non-hydrogen) atoms. The second-order valence-corrected chi connectivity index (χ2v) is 2.97. The summed E-state index contributed by atoms with van der Waals surface area (Å²) in [6.45, 7) is 0. The molecule has 2 aromatic rings. The van der Waals surface area contributed by atoms with Crippen molar-refractivity contribution in [2.24, 2.45) is 0 Å². The predicted molar refractivity (Wildman–Crippen MR) is 47.2 cm³/mol. The van der Waals surface area contributed by atoms with Crippen LogP contribution < -0.4 is 0 Å². The van der Waals surface area contributed by atoms with Crippen molar-refractivity contribution in [3.05, 3.63) is 35.4 Å². The van der Waals surface area contributed by atoms with E-state index in [9.17, 15) is 4.79 Å². The van der Waals surface area contributed by atoms with Crippen LogP contribution in [0, 0.1) is 0 Å². The van der Waals surface area contributed by atoms with Gasteiger partial charge in [0.15, 0.2) is 5.69 Å². The Bertz CT molecular complexity index is 478. The van der Waals surface area contributed by atoms with Crippen molar-refractivity contribution in [3.63, 3.8) is 0 Å². The molecule has 0 aromatic carbocycles. The highest BCUT2D eigenvalue weighted by Gasteiger charge is 2.10. The van der Waals surface area contributed by atoms with Gasteiger partial charge in [0, 0.05) is 18.6 Å². The number of hydrogen-bond donors (Lipinski definition) is 1. The van der Waals surface area contributed by atoms with Gasteiger partial charge in [-0.25, -0.2) is 9.78 Å². The standard InChI is InChI=1S/C8H5ClN2O2/c9-5-3-6-7(8(12)13)10-1-2-11(6)4-5/h1-4H,(H,12,13). The van der Waals surface area contributed by atoms with Crippen molar-refractivity contribution in [2.75, 3.05) is 0 Å². The average Bonchev–Trinajstić information content (AvgIpc) is 2.43. The van der Waals surface area contributed by atoms with Crippen molar-refractivity contribution < 1.29 is 9.90 Å². The first kappa shape index (κ1) is 8.07. The van der Waals surface area contributed by atoms with Gasteiger partial charge in [-0.3, -0.25) is 0 Å². The van der Waals surface area contributed by atoms with Gasteiger partial charge < -0.3 is 9.51 Å². The Hall–Kier alpha value is -1.55. The Kier molecular flexibility index (Phi) is 1.70. The minimum atomic E-state index is -1.06. The molecule has 5 heteroatoms. The van der Waals surface area contributed by atoms with Crippen LogP contribution in [0.2, 0.25) is 5.02 Å². The molecule has 2 aromatic heterocycles. The number of aromatic nitrogens is 2. The molecule has 0 fully saturated rings. The first-order chi connectivity index (χ1) is 6.18. The zero-order chi connectivity index (χ0) is 9.42. The quantitative estimate of drug-likeness (QED) is 0.755. The number of hydrogen-bond acceptors (Lipinski definition) is 2. The number of halogens is 1. The summed E-state index contributed by atoms with van der Waals surface area (Å²) in [5.74, 6) is -1.06. The molecule has 0 amide bonds. The third-order valence-corrected chi connectivity index (χ3v) is 1.90. The Morgan fingerprint density at radius 2 is 2.38 bits per heavy atom. The molecule has 0 spiro atoms. The third-order valence-electron chi connectivity index (χ3n) is 1.69. The van der Waals surface area contributed by atoms with Gasteiger partial charge >= 0.3 is 5.97 Å². The van der Waals surface area contributed by atoms with Crippen LogP contribution in [0.1, 0.15) is 10.5 Å². The van der Waals surface area contributed by atoms with E-state index >= 15 is 0 Å². The maximum atomic E-state index is 10.7. The van der Waals surface area contributed by atoms with Crippen LogP contribution >= 0.6 is 11.6 Å². The van der Waals surface area contributed by atoms with E-state index in [1.165, 1.54) is 6.20 Å². The molecule has 0 bridgehead atoms. The predicted octanol–water partition coefficient (Wildman–Crippen LogP) is 1.69. The second-order valence-electron chi connectivity index (χ2n) is 2.53. The fraction of sp³-hybridized carbons (Fsp3) is 0. The fourth-order valence-corrected chi connectivity index (χ4v) is 1.38. The van der Waals surface area contributed by atoms with Gasteiger partial charge in [-0.1, -0.05) is 11.6 Å². The van der Waals surface area contributed by atoms with Crippen molar-refractivity contribution in [1.82, 2.24) is 9.38 Å². The summed E-state index contributed by atoms with van der Waals surface area (Å²) < 4.78 is 1.62. The molecule has 4 nitrogen and oxygen atoms in total. The molecule has 2 rings (SSSR count). The molecule has 0 aliphatic heterocycles. The van der Waals surface area contributed by atoms with E-state index in [4.69, 9.17) is 16.7 Å². The highest BCUT2D eigenvalue weighted by Crippen LogP contribution is 2.16. The number of carboxylic acids is 1. The number of carbonyl (C=O) groups is 1. The van der Waals surface area contributed by atoms with Crippen molar-refractivity contribution in [3.8, 4) is 0 Å². The molecule has 1 N–H and O–H groups in total. The Morgan fingerprint density at radius 3 is 3.08 bits per heavy atom. The van der Waals surface area contributed by atoms with Crippen LogP contribution in [0.5, 0.6) is 0 Å². The van der Waals surface area contributed by atoms with Crippen molar-refractivity contribution >= 4 is 23.1 Å². The molecule has 0 radical (unpaired) electrons. The normalized spacial score (nSPS) is 10.5. The van der Waals surface area contributed by atoms with Gasteiger partial charge in [0.1, 0.15) is 0 Å². The van der Waals surface area contributed by atoms with E-state index in [1.807, 2.05) is 0 Å². The second kappa shape index (κ2) is 2.74. The summed E-state index contributed by atoms with van der Waals surface area (Å²) in [7, 11) is 0. The molecule has 66 valence electrons. The Balaban J connectivity index is 2.82. The van der Waals surface area contributed by atoms with E-state index < -0.39 is 5.97 Å². The maximum absolute atomic E-state index is 10.7. The van der Waals surface area contributed by atoms with E-state index in [-0.39, 0.29) is 5.69 Å². The molecule has 0 aliphatic carbocycles. The van der Waals surface area contributed by atoms with Crippen LogP contribution in [0.25, 0.3) is 5.52 Å². The number of carboxylic acid groups (broad SMARTS) is 1. The Labute approximate surface area is 78.4 Å². The summed E-state index contributed by atoms with van der Waals surface area (Å²) >= 11 is 5.72. The fourth-order valence-electron chi connectivity index (χ4n) is 1.17. The zero-order valence-corrected chi connectivity index (χ0v) is 7.19. The SMILES string of the molecule is O=C(O)c1nccn2cc(Cl)cc12.